The second kappa shape index (κ2) is 10.3. The van der Waals surface area contributed by atoms with Crippen LogP contribution >= 0.6 is 0 Å². The van der Waals surface area contributed by atoms with Crippen molar-refractivity contribution < 1.29 is 21.1 Å². The van der Waals surface area contributed by atoms with Gasteiger partial charge in [-0.1, -0.05) is 120 Å². The van der Waals surface area contributed by atoms with Crippen LogP contribution in [0.3, 0.4) is 0 Å². The zero-order valence-corrected chi connectivity index (χ0v) is 25.4. The van der Waals surface area contributed by atoms with Gasteiger partial charge in [0.1, 0.15) is 0 Å². The van der Waals surface area contributed by atoms with Crippen molar-refractivity contribution >= 4 is 43.1 Å². The predicted octanol–water partition coefficient (Wildman–Crippen LogP) is 9.52. The summed E-state index contributed by atoms with van der Waals surface area (Å²) < 4.78 is 0. The molecule has 0 N–H and O–H groups in total. The molecule has 0 spiro atoms. The van der Waals surface area contributed by atoms with Crippen molar-refractivity contribution in [2.45, 2.75) is 12.8 Å². The third-order valence-corrected chi connectivity index (χ3v) is 8.62. The van der Waals surface area contributed by atoms with E-state index in [4.69, 9.17) is 9.97 Å². The molecule has 3 heteroatoms. The van der Waals surface area contributed by atoms with E-state index in [1.807, 2.05) is 0 Å². The van der Waals surface area contributed by atoms with E-state index in [9.17, 15) is 0 Å². The number of pyridine rings is 2. The quantitative estimate of drug-likeness (QED) is 0.146. The molecule has 8 bridgehead atoms. The van der Waals surface area contributed by atoms with Crippen LogP contribution < -0.4 is 0 Å². The Bertz CT molecular complexity index is 2040. The van der Waals surface area contributed by atoms with Crippen molar-refractivity contribution in [1.82, 2.24) is 9.97 Å². The van der Waals surface area contributed by atoms with E-state index in [2.05, 4.69) is 133 Å². The van der Waals surface area contributed by atoms with Crippen LogP contribution in [0.5, 0.6) is 0 Å². The van der Waals surface area contributed by atoms with E-state index in [0.717, 1.165) is 55.8 Å². The molecule has 9 rings (SSSR count). The summed E-state index contributed by atoms with van der Waals surface area (Å²) in [5.74, 6) is 0. The number of fused-ring (bicyclic) bond motifs is 18. The maximum absolute atomic E-state index is 5.33. The maximum Gasteiger partial charge on any atom is 2.00 e. The molecule has 6 aromatic carbocycles. The van der Waals surface area contributed by atoms with Crippen molar-refractivity contribution in [3.63, 3.8) is 0 Å². The van der Waals surface area contributed by atoms with Crippen LogP contribution in [0.4, 0.5) is 0 Å². The van der Waals surface area contributed by atoms with Gasteiger partial charge >= 0.3 is 21.1 Å². The minimum atomic E-state index is 0. The zero-order chi connectivity index (χ0) is 27.6. The molecule has 0 saturated carbocycles. The number of hydrogen-bond acceptors (Lipinski definition) is 2. The minimum absolute atomic E-state index is 0. The Labute approximate surface area is 264 Å². The summed E-state index contributed by atoms with van der Waals surface area (Å²) >= 11 is 0. The standard InChI is InChI=1S/C40H24N2.Pt/c1-5-13-33-25(9-1)17-31-20-29(33)19-30-21-32(18-26-10-2-6-14-34(26)30)38-23-28-12-4-8-16-36(28)40(42-38)24-39-35-15-7-3-11-27(35)22-37(31)41-39;/h1-18,22-23H,19,24H2;/q-2;+2. The summed E-state index contributed by atoms with van der Waals surface area (Å²) in [5.41, 5.74) is 8.28. The molecule has 0 amide bonds. The third-order valence-electron chi connectivity index (χ3n) is 8.62. The summed E-state index contributed by atoms with van der Waals surface area (Å²) in [5, 5.41) is 9.49. The molecule has 0 unspecified atom stereocenters. The summed E-state index contributed by atoms with van der Waals surface area (Å²) in [6.45, 7) is 0. The first-order valence-corrected chi connectivity index (χ1v) is 14.4. The van der Waals surface area contributed by atoms with Gasteiger partial charge in [-0.15, -0.1) is 57.3 Å². The molecule has 1 aliphatic rings. The zero-order valence-electron chi connectivity index (χ0n) is 23.2. The Morgan fingerprint density at radius 1 is 0.419 bits per heavy atom. The van der Waals surface area contributed by atoms with E-state index >= 15 is 0 Å². The van der Waals surface area contributed by atoms with Gasteiger partial charge in [0.25, 0.3) is 0 Å². The molecule has 0 saturated heterocycles. The first-order chi connectivity index (χ1) is 20.8. The Hall–Kier alpha value is -4.65. The molecule has 0 radical (unpaired) electrons. The maximum atomic E-state index is 5.33. The number of rotatable bonds is 0. The van der Waals surface area contributed by atoms with Crippen LogP contribution in [0.25, 0.3) is 65.6 Å². The Morgan fingerprint density at radius 3 is 1.23 bits per heavy atom. The third kappa shape index (κ3) is 4.37. The fourth-order valence-corrected chi connectivity index (χ4v) is 6.62. The number of nitrogens with zero attached hydrogens (tertiary/aromatic N) is 2. The van der Waals surface area contributed by atoms with Crippen molar-refractivity contribution in [2.75, 3.05) is 0 Å². The fraction of sp³-hybridized carbons (Fsp3) is 0.0500. The monoisotopic (exact) mass is 727 g/mol. The van der Waals surface area contributed by atoms with Gasteiger partial charge in [-0.2, -0.15) is 0 Å². The van der Waals surface area contributed by atoms with Crippen molar-refractivity contribution in [3.05, 3.63) is 156 Å². The number of aromatic nitrogens is 2. The summed E-state index contributed by atoms with van der Waals surface area (Å²) in [4.78, 5) is 10.7. The van der Waals surface area contributed by atoms with Gasteiger partial charge in [0.15, 0.2) is 0 Å². The molecule has 204 valence electrons. The summed E-state index contributed by atoms with van der Waals surface area (Å²) in [6, 6.07) is 50.9. The Kier molecular flexibility index (Phi) is 6.21. The molecule has 43 heavy (non-hydrogen) atoms. The van der Waals surface area contributed by atoms with E-state index in [1.54, 1.807) is 0 Å². The molecule has 1 aliphatic heterocycles. The second-order valence-electron chi connectivity index (χ2n) is 11.2. The van der Waals surface area contributed by atoms with Crippen LogP contribution in [-0.4, -0.2) is 9.97 Å². The van der Waals surface area contributed by atoms with Gasteiger partial charge in [-0.05, 0) is 28.6 Å². The van der Waals surface area contributed by atoms with Gasteiger partial charge in [-0.3, -0.25) is 0 Å². The molecule has 8 aromatic rings. The molecule has 3 heterocycles. The predicted molar refractivity (Wildman–Crippen MR) is 173 cm³/mol. The molecule has 2 nitrogen and oxygen atoms in total. The Balaban J connectivity index is 0.00000278. The van der Waals surface area contributed by atoms with Crippen LogP contribution in [0, 0.1) is 12.1 Å². The molecular weight excluding hydrogens is 704 g/mol. The average Bonchev–Trinajstić information content (AvgIpc) is 3.04. The van der Waals surface area contributed by atoms with Crippen LogP contribution in [-0.2, 0) is 33.9 Å². The van der Waals surface area contributed by atoms with Crippen LogP contribution in [0.15, 0.2) is 121 Å². The molecule has 0 fully saturated rings. The Morgan fingerprint density at radius 2 is 0.791 bits per heavy atom. The summed E-state index contributed by atoms with van der Waals surface area (Å²) in [6.07, 6.45) is 1.34. The largest absolute Gasteiger partial charge is 2.00 e. The first-order valence-electron chi connectivity index (χ1n) is 14.4. The number of hydrogen-bond donors (Lipinski definition) is 0. The van der Waals surface area contributed by atoms with E-state index in [-0.39, 0.29) is 21.1 Å². The normalized spacial score (nSPS) is 12.3. The van der Waals surface area contributed by atoms with Crippen molar-refractivity contribution in [2.24, 2.45) is 0 Å². The van der Waals surface area contributed by atoms with Crippen molar-refractivity contribution in [3.8, 4) is 22.5 Å². The molecule has 2 aromatic heterocycles. The molecular formula is C40H24N2Pt. The van der Waals surface area contributed by atoms with E-state index < -0.39 is 0 Å². The summed E-state index contributed by atoms with van der Waals surface area (Å²) in [7, 11) is 0. The smallest absolute Gasteiger partial charge is 0.300 e. The first kappa shape index (κ1) is 26.0. The second-order valence-corrected chi connectivity index (χ2v) is 11.2. The fourth-order valence-electron chi connectivity index (χ4n) is 6.62. The van der Waals surface area contributed by atoms with E-state index in [1.165, 1.54) is 32.3 Å². The van der Waals surface area contributed by atoms with E-state index in [0.29, 0.717) is 12.8 Å². The number of benzene rings is 6. The molecule has 0 aliphatic carbocycles. The average molecular weight is 728 g/mol. The van der Waals surface area contributed by atoms with Gasteiger partial charge in [0, 0.05) is 28.6 Å². The topological polar surface area (TPSA) is 25.8 Å². The van der Waals surface area contributed by atoms with Gasteiger partial charge in [0.05, 0.1) is 0 Å². The van der Waals surface area contributed by atoms with Gasteiger partial charge in [-0.25, -0.2) is 0 Å². The molecule has 0 atom stereocenters. The minimum Gasteiger partial charge on any atom is -0.300 e. The van der Waals surface area contributed by atoms with Crippen molar-refractivity contribution in [1.29, 1.82) is 0 Å². The van der Waals surface area contributed by atoms with Gasteiger partial charge in [0.2, 0.25) is 0 Å². The SMILES string of the molecule is [Pt+2].[c-]1c2cc3ccccc3c1Cc1[c-]c(cc3ccccc13)-c1cc3ccccc3c(n1)Cc1nc-2cc2ccccc12. The van der Waals surface area contributed by atoms with Gasteiger partial charge < -0.3 is 9.97 Å². The van der Waals surface area contributed by atoms with Crippen LogP contribution in [0.1, 0.15) is 22.5 Å². The van der Waals surface area contributed by atoms with Crippen LogP contribution in [0.2, 0.25) is 0 Å².